The van der Waals surface area contributed by atoms with Crippen molar-refractivity contribution in [2.75, 3.05) is 26.4 Å². The van der Waals surface area contributed by atoms with Crippen molar-refractivity contribution in [3.05, 3.63) is 66.3 Å². The van der Waals surface area contributed by atoms with Gasteiger partial charge in [-0.05, 0) is 66.1 Å². The summed E-state index contributed by atoms with van der Waals surface area (Å²) in [6, 6.07) is 8.36. The Hall–Kier alpha value is -2.12. The second-order valence-corrected chi connectivity index (χ2v) is 8.94. The SMILES string of the molecule is C1=C(c2ccncc2)CCC2(C1)OCCO2.c1cc(C2CCC3(CC2)OCCO3)ccn1. The van der Waals surface area contributed by atoms with Gasteiger partial charge in [0.2, 0.25) is 0 Å². The van der Waals surface area contributed by atoms with Gasteiger partial charge >= 0.3 is 0 Å². The molecule has 32 heavy (non-hydrogen) atoms. The van der Waals surface area contributed by atoms with E-state index in [9.17, 15) is 0 Å². The quantitative estimate of drug-likeness (QED) is 0.669. The van der Waals surface area contributed by atoms with Gasteiger partial charge in [0, 0.05) is 50.5 Å². The lowest BCUT2D eigenvalue weighted by molar-refractivity contribution is -0.178. The number of rotatable bonds is 2. The topological polar surface area (TPSA) is 62.7 Å². The summed E-state index contributed by atoms with van der Waals surface area (Å²) >= 11 is 0. The van der Waals surface area contributed by atoms with Gasteiger partial charge in [0.15, 0.2) is 11.6 Å². The normalized spacial score (nSPS) is 24.2. The monoisotopic (exact) mass is 436 g/mol. The van der Waals surface area contributed by atoms with Crippen LogP contribution in [0.25, 0.3) is 5.57 Å². The Bertz CT molecular complexity index is 881. The van der Waals surface area contributed by atoms with Crippen LogP contribution in [0, 0.1) is 0 Å². The van der Waals surface area contributed by atoms with E-state index < -0.39 is 0 Å². The number of hydrogen-bond acceptors (Lipinski definition) is 6. The molecule has 6 nitrogen and oxygen atoms in total. The summed E-state index contributed by atoms with van der Waals surface area (Å²) in [6.45, 7) is 3.00. The molecule has 2 aliphatic heterocycles. The van der Waals surface area contributed by atoms with Crippen molar-refractivity contribution < 1.29 is 18.9 Å². The molecule has 0 N–H and O–H groups in total. The first-order chi connectivity index (χ1) is 15.8. The highest BCUT2D eigenvalue weighted by molar-refractivity contribution is 5.66. The van der Waals surface area contributed by atoms with Crippen LogP contribution in [0.4, 0.5) is 0 Å². The minimum atomic E-state index is -0.309. The van der Waals surface area contributed by atoms with E-state index in [2.05, 4.69) is 40.3 Å². The molecule has 0 aromatic carbocycles. The highest BCUT2D eigenvalue weighted by Gasteiger charge is 2.40. The zero-order valence-electron chi connectivity index (χ0n) is 18.6. The molecule has 3 fully saturated rings. The fourth-order valence-electron chi connectivity index (χ4n) is 5.21. The molecule has 0 unspecified atom stereocenters. The van der Waals surface area contributed by atoms with Gasteiger partial charge in [0.1, 0.15) is 0 Å². The summed E-state index contributed by atoms with van der Waals surface area (Å²) in [6.07, 6.45) is 16.9. The third-order valence-corrected chi connectivity index (χ3v) is 7.04. The van der Waals surface area contributed by atoms with E-state index in [1.807, 2.05) is 24.8 Å². The van der Waals surface area contributed by atoms with Gasteiger partial charge in [-0.15, -0.1) is 0 Å². The highest BCUT2D eigenvalue weighted by Crippen LogP contribution is 2.42. The molecule has 0 bridgehead atoms. The molecule has 0 atom stereocenters. The zero-order valence-corrected chi connectivity index (χ0v) is 18.6. The Labute approximate surface area is 190 Å². The maximum Gasteiger partial charge on any atom is 0.172 e. The summed E-state index contributed by atoms with van der Waals surface area (Å²) < 4.78 is 22.8. The Kier molecular flexibility index (Phi) is 6.64. The molecule has 0 radical (unpaired) electrons. The van der Waals surface area contributed by atoms with Crippen molar-refractivity contribution in [3.8, 4) is 0 Å². The van der Waals surface area contributed by atoms with Gasteiger partial charge in [-0.2, -0.15) is 0 Å². The molecule has 4 aliphatic rings. The second kappa shape index (κ2) is 9.79. The molecule has 2 spiro atoms. The average Bonchev–Trinajstić information content (AvgIpc) is 3.52. The maximum atomic E-state index is 5.73. The Morgan fingerprint density at radius 3 is 1.81 bits per heavy atom. The fourth-order valence-corrected chi connectivity index (χ4v) is 5.21. The van der Waals surface area contributed by atoms with E-state index >= 15 is 0 Å². The van der Waals surface area contributed by atoms with Crippen LogP contribution < -0.4 is 0 Å². The molecule has 2 aromatic heterocycles. The van der Waals surface area contributed by atoms with Gasteiger partial charge in [-0.1, -0.05) is 6.08 Å². The van der Waals surface area contributed by atoms with E-state index in [4.69, 9.17) is 18.9 Å². The van der Waals surface area contributed by atoms with E-state index in [1.54, 1.807) is 0 Å². The van der Waals surface area contributed by atoms with Crippen LogP contribution in [-0.4, -0.2) is 48.0 Å². The first-order valence-electron chi connectivity index (χ1n) is 11.8. The van der Waals surface area contributed by atoms with Crippen molar-refractivity contribution in [3.63, 3.8) is 0 Å². The van der Waals surface area contributed by atoms with Crippen LogP contribution in [0.3, 0.4) is 0 Å². The molecule has 170 valence electrons. The summed E-state index contributed by atoms with van der Waals surface area (Å²) in [5.41, 5.74) is 4.05. The smallest absolute Gasteiger partial charge is 0.172 e. The van der Waals surface area contributed by atoms with E-state index in [1.165, 1.54) is 16.7 Å². The molecule has 6 heteroatoms. The lowest BCUT2D eigenvalue weighted by Gasteiger charge is -2.35. The molecule has 4 heterocycles. The number of hydrogen-bond donors (Lipinski definition) is 0. The first-order valence-corrected chi connectivity index (χ1v) is 11.8. The fraction of sp³-hybridized carbons (Fsp3) is 0.538. The lowest BCUT2D eigenvalue weighted by atomic mass is 9.81. The van der Waals surface area contributed by atoms with Crippen LogP contribution in [-0.2, 0) is 18.9 Å². The first kappa shape index (κ1) is 21.7. The van der Waals surface area contributed by atoms with Gasteiger partial charge in [0.05, 0.1) is 26.4 Å². The highest BCUT2D eigenvalue weighted by atomic mass is 16.7. The zero-order chi connectivity index (χ0) is 21.7. The summed E-state index contributed by atoms with van der Waals surface area (Å²) in [5, 5.41) is 0. The molecule has 2 aromatic rings. The molecule has 1 saturated carbocycles. The standard InChI is InChI=1S/C13H17NO2.C13H15NO2/c2*1-5-13(15-9-10-16-13)6-2-11(1)12-3-7-14-8-4-12/h3-4,7-8,11H,1-2,5-6,9-10H2;1,3-4,7-8H,2,5-6,9-10H2. The van der Waals surface area contributed by atoms with Crippen LogP contribution in [0.15, 0.2) is 55.1 Å². The van der Waals surface area contributed by atoms with Crippen LogP contribution >= 0.6 is 0 Å². The van der Waals surface area contributed by atoms with Crippen LogP contribution in [0.2, 0.25) is 0 Å². The molecule has 6 rings (SSSR count). The Morgan fingerprint density at radius 1 is 0.688 bits per heavy atom. The second-order valence-electron chi connectivity index (χ2n) is 8.94. The average molecular weight is 437 g/mol. The van der Waals surface area contributed by atoms with Gasteiger partial charge < -0.3 is 18.9 Å². The van der Waals surface area contributed by atoms with Crippen LogP contribution in [0.1, 0.15) is 62.0 Å². The molecular weight excluding hydrogens is 404 g/mol. The van der Waals surface area contributed by atoms with Gasteiger partial charge in [0.25, 0.3) is 0 Å². The Morgan fingerprint density at radius 2 is 1.25 bits per heavy atom. The predicted molar refractivity (Wildman–Crippen MR) is 121 cm³/mol. The summed E-state index contributed by atoms with van der Waals surface area (Å²) in [4.78, 5) is 8.10. The van der Waals surface area contributed by atoms with Gasteiger partial charge in [-0.3, -0.25) is 9.97 Å². The van der Waals surface area contributed by atoms with E-state index in [0.29, 0.717) is 5.92 Å². The largest absolute Gasteiger partial charge is 0.348 e. The predicted octanol–water partition coefficient (Wildman–Crippen LogP) is 4.87. The van der Waals surface area contributed by atoms with Crippen molar-refractivity contribution in [1.29, 1.82) is 0 Å². The molecular formula is C26H32N2O4. The number of aromatic nitrogens is 2. The number of ether oxygens (including phenoxy) is 4. The Balaban J connectivity index is 0.000000135. The van der Waals surface area contributed by atoms with Gasteiger partial charge in [-0.25, -0.2) is 0 Å². The molecule has 2 aliphatic carbocycles. The number of allylic oxidation sites excluding steroid dienone is 1. The van der Waals surface area contributed by atoms with Crippen molar-refractivity contribution in [2.24, 2.45) is 0 Å². The van der Waals surface area contributed by atoms with Crippen molar-refractivity contribution >= 4 is 5.57 Å². The maximum absolute atomic E-state index is 5.73. The minimum Gasteiger partial charge on any atom is -0.348 e. The summed E-state index contributed by atoms with van der Waals surface area (Å²) in [7, 11) is 0. The third kappa shape index (κ3) is 4.94. The van der Waals surface area contributed by atoms with Crippen molar-refractivity contribution in [1.82, 2.24) is 9.97 Å². The minimum absolute atomic E-state index is 0.233. The summed E-state index contributed by atoms with van der Waals surface area (Å²) in [5.74, 6) is 0.112. The molecule has 0 amide bonds. The third-order valence-electron chi connectivity index (χ3n) is 7.04. The van der Waals surface area contributed by atoms with E-state index in [0.717, 1.165) is 71.4 Å². The van der Waals surface area contributed by atoms with Crippen LogP contribution in [0.5, 0.6) is 0 Å². The van der Waals surface area contributed by atoms with E-state index in [-0.39, 0.29) is 11.6 Å². The number of pyridine rings is 2. The molecule has 2 saturated heterocycles. The lowest BCUT2D eigenvalue weighted by Crippen LogP contribution is -2.34. The van der Waals surface area contributed by atoms with Crippen molar-refractivity contribution in [2.45, 2.75) is 62.4 Å². The number of nitrogens with zero attached hydrogens (tertiary/aromatic N) is 2.